The normalized spacial score (nSPS) is 10.8. The molecular weight excluding hydrogens is 462 g/mol. The topological polar surface area (TPSA) is 125 Å². The van der Waals surface area contributed by atoms with Crippen LogP contribution in [0.1, 0.15) is 62.8 Å². The van der Waals surface area contributed by atoms with Crippen molar-refractivity contribution in [2.45, 2.75) is 66.2 Å². The Morgan fingerprint density at radius 1 is 0.514 bits per heavy atom. The molecule has 9 nitrogen and oxygen atoms in total. The molecule has 0 unspecified atom stereocenters. The fraction of sp³-hybridized carbons (Fsp3) is 0.357. The minimum atomic E-state index is 0.948. The van der Waals surface area contributed by atoms with Crippen molar-refractivity contribution in [2.75, 3.05) is 0 Å². The number of rotatable bonds is 6. The van der Waals surface area contributed by atoms with E-state index in [-0.39, 0.29) is 0 Å². The van der Waals surface area contributed by atoms with E-state index in [9.17, 15) is 0 Å². The van der Waals surface area contributed by atoms with Gasteiger partial charge in [0.15, 0.2) is 0 Å². The fourth-order valence-corrected chi connectivity index (χ4v) is 4.44. The van der Waals surface area contributed by atoms with Gasteiger partial charge in [-0.15, -0.1) is 0 Å². The van der Waals surface area contributed by atoms with Crippen LogP contribution < -0.4 is 0 Å². The van der Waals surface area contributed by atoms with Crippen LogP contribution in [0, 0.1) is 0 Å². The highest BCUT2D eigenvalue weighted by molar-refractivity contribution is 5.79. The van der Waals surface area contributed by atoms with Crippen LogP contribution in [-0.4, -0.2) is 46.2 Å². The maximum atomic E-state index is 4.16. The summed E-state index contributed by atoms with van der Waals surface area (Å²) >= 11 is 0. The van der Waals surface area contributed by atoms with Gasteiger partial charge in [-0.1, -0.05) is 64.4 Å². The lowest BCUT2D eigenvalue weighted by atomic mass is 10.0. The first-order chi connectivity index (χ1) is 18.2. The average molecular weight is 498 g/mol. The van der Waals surface area contributed by atoms with Crippen LogP contribution in [-0.2, 0) is 25.7 Å². The minimum absolute atomic E-state index is 0.948. The monoisotopic (exact) mass is 497 g/mol. The van der Waals surface area contributed by atoms with Gasteiger partial charge in [-0.2, -0.15) is 46.2 Å². The lowest BCUT2D eigenvalue weighted by Crippen LogP contribution is -1.92. The molecule has 0 aliphatic heterocycles. The third-order valence-electron chi connectivity index (χ3n) is 6.47. The Kier molecular flexibility index (Phi) is 8.91. The molecule has 9 heteroatoms. The second-order valence-corrected chi connectivity index (χ2v) is 8.78. The summed E-state index contributed by atoms with van der Waals surface area (Å²) < 4.78 is 0. The van der Waals surface area contributed by atoms with Gasteiger partial charge in [-0.3, -0.25) is 0 Å². The molecule has 3 aromatic carbocycles. The van der Waals surface area contributed by atoms with Crippen molar-refractivity contribution in [1.29, 1.82) is 0 Å². The number of unbranched alkanes of at least 4 members (excludes halogenated alkanes) is 1. The van der Waals surface area contributed by atoms with E-state index >= 15 is 0 Å². The highest BCUT2D eigenvalue weighted by atomic mass is 15.3. The zero-order valence-electron chi connectivity index (χ0n) is 22.0. The summed E-state index contributed by atoms with van der Waals surface area (Å²) in [6.07, 6.45) is 6.61. The Balaban J connectivity index is 0.000000130. The molecule has 0 amide bonds. The number of para-hydroxylation sites is 2. The van der Waals surface area contributed by atoms with Gasteiger partial charge in [-0.05, 0) is 72.6 Å². The molecule has 0 saturated carbocycles. The molecule has 6 aromatic rings. The smallest absolute Gasteiger partial charge is 0.116 e. The third-order valence-corrected chi connectivity index (χ3v) is 6.47. The van der Waals surface area contributed by atoms with Crippen molar-refractivity contribution in [3.63, 3.8) is 0 Å². The van der Waals surface area contributed by atoms with E-state index in [1.54, 1.807) is 0 Å². The summed E-state index contributed by atoms with van der Waals surface area (Å²) in [5.74, 6) is 0. The van der Waals surface area contributed by atoms with Gasteiger partial charge in [-0.25, -0.2) is 0 Å². The average Bonchev–Trinajstić information content (AvgIpc) is 3.72. The number of hydrogen-bond acceptors (Lipinski definition) is 6. The fourth-order valence-electron chi connectivity index (χ4n) is 4.44. The van der Waals surface area contributed by atoms with Gasteiger partial charge in [0.25, 0.3) is 0 Å². The standard InChI is InChI=1S/2C10H13N3.C8H9N3/c1-3-7-5-6-9-10(8(7)4-2)12-13-11-9;1-2-3-5-8-6-4-7-9-10(8)12-13-11-9;1-2-6-4-3-5-7-8(6)10-11-9-7/h5-6H,3-4H2,1-2H3,(H,11,12,13);4,6-7H,2-3,5H2,1H3,(H,11,12,13);3-5H,2H2,1H3,(H,9,10,11). The quantitative estimate of drug-likeness (QED) is 0.263. The molecule has 3 heterocycles. The largest absolute Gasteiger partial charge is 0.197 e. The van der Waals surface area contributed by atoms with Gasteiger partial charge in [0.05, 0.1) is 0 Å². The highest BCUT2D eigenvalue weighted by Gasteiger charge is 2.07. The molecule has 0 radical (unpaired) electrons. The second kappa shape index (κ2) is 12.7. The summed E-state index contributed by atoms with van der Waals surface area (Å²) in [6, 6.07) is 16.3. The summed E-state index contributed by atoms with van der Waals surface area (Å²) in [5, 5.41) is 32.4. The van der Waals surface area contributed by atoms with Gasteiger partial charge >= 0.3 is 0 Å². The molecule has 0 bridgehead atoms. The summed E-state index contributed by atoms with van der Waals surface area (Å²) in [4.78, 5) is 0. The van der Waals surface area contributed by atoms with Crippen molar-refractivity contribution >= 4 is 33.1 Å². The predicted octanol–water partition coefficient (Wildman–Crippen LogP) is 5.90. The van der Waals surface area contributed by atoms with Crippen LogP contribution in [0.4, 0.5) is 0 Å². The van der Waals surface area contributed by atoms with Gasteiger partial charge < -0.3 is 0 Å². The van der Waals surface area contributed by atoms with Crippen molar-refractivity contribution in [2.24, 2.45) is 0 Å². The molecule has 0 atom stereocenters. The Labute approximate surface area is 216 Å². The van der Waals surface area contributed by atoms with Crippen LogP contribution in [0.15, 0.2) is 48.5 Å². The zero-order chi connectivity index (χ0) is 26.0. The number of fused-ring (bicyclic) bond motifs is 3. The number of aryl methyl sites for hydroxylation is 4. The predicted molar refractivity (Wildman–Crippen MR) is 148 cm³/mol. The molecule has 0 saturated heterocycles. The van der Waals surface area contributed by atoms with Crippen molar-refractivity contribution in [3.05, 3.63) is 70.8 Å². The lowest BCUT2D eigenvalue weighted by Gasteiger charge is -2.04. The molecule has 0 aliphatic carbocycles. The van der Waals surface area contributed by atoms with Crippen LogP contribution in [0.3, 0.4) is 0 Å². The van der Waals surface area contributed by atoms with E-state index in [1.165, 1.54) is 35.1 Å². The molecular formula is C28H35N9. The van der Waals surface area contributed by atoms with Crippen molar-refractivity contribution < 1.29 is 0 Å². The van der Waals surface area contributed by atoms with E-state index in [2.05, 4.69) is 92.1 Å². The molecule has 0 aliphatic rings. The van der Waals surface area contributed by atoms with E-state index in [1.807, 2.05) is 30.3 Å². The van der Waals surface area contributed by atoms with Crippen LogP contribution in [0.25, 0.3) is 33.1 Å². The number of H-pyrrole nitrogens is 3. The van der Waals surface area contributed by atoms with Gasteiger partial charge in [0.2, 0.25) is 0 Å². The Bertz CT molecular complexity index is 1540. The molecule has 0 fully saturated rings. The Morgan fingerprint density at radius 3 is 1.62 bits per heavy atom. The first-order valence-electron chi connectivity index (χ1n) is 13.1. The third kappa shape index (κ3) is 5.99. The summed E-state index contributed by atoms with van der Waals surface area (Å²) in [7, 11) is 0. The second-order valence-electron chi connectivity index (χ2n) is 8.78. The maximum Gasteiger partial charge on any atom is 0.116 e. The minimum Gasteiger partial charge on any atom is -0.197 e. The van der Waals surface area contributed by atoms with Crippen molar-refractivity contribution in [1.82, 2.24) is 46.2 Å². The molecule has 37 heavy (non-hydrogen) atoms. The number of nitrogens with one attached hydrogen (secondary N) is 3. The molecule has 192 valence electrons. The number of aromatic nitrogens is 9. The number of benzene rings is 3. The van der Waals surface area contributed by atoms with Gasteiger partial charge in [0, 0.05) is 0 Å². The highest BCUT2D eigenvalue weighted by Crippen LogP contribution is 2.20. The Hall–Kier alpha value is -4.14. The SMILES string of the molecule is CCCCc1cccc2n[nH]nc12.CCc1ccc2n[nH]nc2c1CC.CCc1cccc2n[nH]nc12. The van der Waals surface area contributed by atoms with Crippen LogP contribution >= 0.6 is 0 Å². The molecule has 3 N–H and O–H groups in total. The van der Waals surface area contributed by atoms with Crippen LogP contribution in [0.5, 0.6) is 0 Å². The van der Waals surface area contributed by atoms with Gasteiger partial charge in [0.1, 0.15) is 33.1 Å². The number of nitrogens with zero attached hydrogens (tertiary/aromatic N) is 6. The van der Waals surface area contributed by atoms with E-state index < -0.39 is 0 Å². The van der Waals surface area contributed by atoms with E-state index in [0.717, 1.165) is 58.8 Å². The lowest BCUT2D eigenvalue weighted by molar-refractivity contribution is 0.797. The summed E-state index contributed by atoms with van der Waals surface area (Å²) in [6.45, 7) is 8.63. The van der Waals surface area contributed by atoms with Crippen molar-refractivity contribution in [3.8, 4) is 0 Å². The molecule has 3 aromatic heterocycles. The number of aromatic amines is 3. The van der Waals surface area contributed by atoms with E-state index in [4.69, 9.17) is 0 Å². The zero-order valence-corrected chi connectivity index (χ0v) is 22.0. The first-order valence-corrected chi connectivity index (χ1v) is 13.1. The summed E-state index contributed by atoms with van der Waals surface area (Å²) in [5.41, 5.74) is 11.2. The Morgan fingerprint density at radius 2 is 1.05 bits per heavy atom. The van der Waals surface area contributed by atoms with Crippen LogP contribution in [0.2, 0.25) is 0 Å². The molecule has 6 rings (SSSR count). The first kappa shape index (κ1) is 25.9. The van der Waals surface area contributed by atoms with E-state index in [0.29, 0.717) is 0 Å². The molecule has 0 spiro atoms. The maximum absolute atomic E-state index is 4.16. The number of hydrogen-bond donors (Lipinski definition) is 3.